The number of halogens is 2. The zero-order chi connectivity index (χ0) is 23.2. The van der Waals surface area contributed by atoms with Gasteiger partial charge < -0.3 is 9.64 Å². The molecule has 1 heterocycles. The maximum atomic E-state index is 12.4. The number of hydrogen-bond acceptors (Lipinski definition) is 4. The lowest BCUT2D eigenvalue weighted by Gasteiger charge is -2.17. The van der Waals surface area contributed by atoms with Crippen molar-refractivity contribution in [2.75, 3.05) is 18.0 Å². The maximum Gasteiger partial charge on any atom is 0.271 e. The van der Waals surface area contributed by atoms with Gasteiger partial charge in [-0.25, -0.2) is 5.43 Å². The van der Waals surface area contributed by atoms with E-state index in [0.717, 1.165) is 37.1 Å². The molecule has 0 spiro atoms. The van der Waals surface area contributed by atoms with Crippen LogP contribution in [0.15, 0.2) is 65.8 Å². The highest BCUT2D eigenvalue weighted by atomic mass is 127. The second-order valence-corrected chi connectivity index (χ2v) is 10.4. The maximum absolute atomic E-state index is 12.4. The lowest BCUT2D eigenvalue weighted by molar-refractivity contribution is 0.0955. The smallest absolute Gasteiger partial charge is 0.271 e. The first kappa shape index (κ1) is 24.0. The predicted octanol–water partition coefficient (Wildman–Crippen LogP) is 6.15. The Balaban J connectivity index is 1.35. The molecule has 1 N–H and O–H groups in total. The number of hydrazone groups is 1. The molecule has 33 heavy (non-hydrogen) atoms. The predicted molar refractivity (Wildman–Crippen MR) is 150 cm³/mol. The van der Waals surface area contributed by atoms with Crippen molar-refractivity contribution in [3.05, 3.63) is 90.1 Å². The topological polar surface area (TPSA) is 53.9 Å². The number of nitrogens with one attached hydrogen (secondary N) is 1. The van der Waals surface area contributed by atoms with Crippen molar-refractivity contribution in [3.63, 3.8) is 0 Å². The van der Waals surface area contributed by atoms with Crippen LogP contribution in [0.1, 0.15) is 39.9 Å². The van der Waals surface area contributed by atoms with E-state index >= 15 is 0 Å². The van der Waals surface area contributed by atoms with Gasteiger partial charge in [0.15, 0.2) is 0 Å². The average Bonchev–Trinajstić information content (AvgIpc) is 3.34. The quantitative estimate of drug-likeness (QED) is 0.187. The highest BCUT2D eigenvalue weighted by molar-refractivity contribution is 14.1. The molecule has 0 radical (unpaired) electrons. The Kier molecular flexibility index (Phi) is 8.24. The largest absolute Gasteiger partial charge is 0.487 e. The lowest BCUT2D eigenvalue weighted by atomic mass is 10.1. The van der Waals surface area contributed by atoms with Crippen LogP contribution < -0.4 is 15.1 Å². The molecule has 0 unspecified atom stereocenters. The van der Waals surface area contributed by atoms with E-state index < -0.39 is 0 Å². The number of amides is 1. The summed E-state index contributed by atoms with van der Waals surface area (Å²) in [6.07, 6.45) is 4.12. The molecule has 5 nitrogen and oxygen atoms in total. The molecular formula is C26H25I2N3O2. The van der Waals surface area contributed by atoms with E-state index in [2.05, 4.69) is 85.7 Å². The van der Waals surface area contributed by atoms with E-state index in [9.17, 15) is 4.79 Å². The van der Waals surface area contributed by atoms with E-state index in [1.165, 1.54) is 24.1 Å². The summed E-state index contributed by atoms with van der Waals surface area (Å²) in [5.74, 6) is 0.638. The Morgan fingerprint density at radius 3 is 2.42 bits per heavy atom. The third kappa shape index (κ3) is 6.47. The Bertz CT molecular complexity index is 1130. The number of benzene rings is 3. The Morgan fingerprint density at radius 2 is 1.76 bits per heavy atom. The molecule has 1 saturated heterocycles. The number of aryl methyl sites for hydroxylation is 1. The number of carbonyl (C=O) groups is 1. The lowest BCUT2D eigenvalue weighted by Crippen LogP contribution is -2.19. The van der Waals surface area contributed by atoms with Crippen LogP contribution in [-0.4, -0.2) is 25.2 Å². The molecule has 170 valence electrons. The van der Waals surface area contributed by atoms with Crippen molar-refractivity contribution in [2.24, 2.45) is 5.10 Å². The van der Waals surface area contributed by atoms with Gasteiger partial charge in [-0.15, -0.1) is 0 Å². The van der Waals surface area contributed by atoms with Crippen molar-refractivity contribution in [1.82, 2.24) is 5.43 Å². The van der Waals surface area contributed by atoms with Gasteiger partial charge in [0.05, 0.1) is 13.4 Å². The number of carbonyl (C=O) groups excluding carboxylic acids is 1. The van der Waals surface area contributed by atoms with Crippen molar-refractivity contribution in [1.29, 1.82) is 0 Å². The number of hydrogen-bond donors (Lipinski definition) is 1. The Hall–Kier alpha value is -2.14. The summed E-state index contributed by atoms with van der Waals surface area (Å²) in [4.78, 5) is 14.8. The SMILES string of the molecule is Cc1cccc(COc2c(I)cc(/C=N\NC(=O)c3ccc(N4CCCC4)cc3)cc2I)c1. The molecule has 4 rings (SSSR count). The fourth-order valence-corrected chi connectivity index (χ4v) is 5.91. The summed E-state index contributed by atoms with van der Waals surface area (Å²) in [6.45, 7) is 4.77. The van der Waals surface area contributed by atoms with Crippen molar-refractivity contribution in [2.45, 2.75) is 26.4 Å². The molecule has 3 aromatic rings. The molecule has 0 atom stereocenters. The first-order valence-corrected chi connectivity index (χ1v) is 13.0. The molecule has 1 aliphatic heterocycles. The van der Waals surface area contributed by atoms with Gasteiger partial charge in [0, 0.05) is 24.3 Å². The zero-order valence-corrected chi connectivity index (χ0v) is 22.7. The summed E-state index contributed by atoms with van der Waals surface area (Å²) in [5.41, 5.74) is 7.65. The number of ether oxygens (including phenoxy) is 1. The minimum Gasteiger partial charge on any atom is -0.487 e. The van der Waals surface area contributed by atoms with Crippen LogP contribution in [0.5, 0.6) is 5.75 Å². The zero-order valence-electron chi connectivity index (χ0n) is 18.4. The van der Waals surface area contributed by atoms with E-state index in [1.54, 1.807) is 6.21 Å². The molecule has 1 fully saturated rings. The number of nitrogens with zero attached hydrogens (tertiary/aromatic N) is 2. The van der Waals surface area contributed by atoms with Crippen molar-refractivity contribution in [3.8, 4) is 5.75 Å². The van der Waals surface area contributed by atoms with Gasteiger partial charge in [0.2, 0.25) is 0 Å². The summed E-state index contributed by atoms with van der Waals surface area (Å²) in [7, 11) is 0. The second-order valence-electron chi connectivity index (χ2n) is 8.03. The molecule has 0 aliphatic carbocycles. The van der Waals surface area contributed by atoms with Gasteiger partial charge >= 0.3 is 0 Å². The van der Waals surface area contributed by atoms with Crippen LogP contribution >= 0.6 is 45.2 Å². The van der Waals surface area contributed by atoms with Gasteiger partial charge in [-0.05, 0) is 112 Å². The third-order valence-electron chi connectivity index (χ3n) is 5.47. The molecule has 1 aliphatic rings. The molecule has 7 heteroatoms. The first-order valence-electron chi connectivity index (χ1n) is 10.9. The van der Waals surface area contributed by atoms with Crippen molar-refractivity contribution >= 4 is 63.0 Å². The average molecular weight is 665 g/mol. The van der Waals surface area contributed by atoms with Crippen LogP contribution in [-0.2, 0) is 6.61 Å². The Labute approximate surface area is 221 Å². The van der Waals surface area contributed by atoms with Gasteiger partial charge in [-0.3, -0.25) is 4.79 Å². The van der Waals surface area contributed by atoms with E-state index in [0.29, 0.717) is 12.2 Å². The summed E-state index contributed by atoms with van der Waals surface area (Å²) < 4.78 is 8.07. The molecule has 1 amide bonds. The highest BCUT2D eigenvalue weighted by Crippen LogP contribution is 2.29. The summed E-state index contributed by atoms with van der Waals surface area (Å²) >= 11 is 4.54. The highest BCUT2D eigenvalue weighted by Gasteiger charge is 2.13. The van der Waals surface area contributed by atoms with Gasteiger partial charge in [-0.1, -0.05) is 29.8 Å². The van der Waals surface area contributed by atoms with Crippen LogP contribution in [0.2, 0.25) is 0 Å². The monoisotopic (exact) mass is 665 g/mol. The molecule has 3 aromatic carbocycles. The molecule has 0 saturated carbocycles. The number of anilines is 1. The number of rotatable bonds is 7. The van der Waals surface area contributed by atoms with Crippen molar-refractivity contribution < 1.29 is 9.53 Å². The van der Waals surface area contributed by atoms with E-state index in [-0.39, 0.29) is 5.91 Å². The minimum absolute atomic E-state index is 0.221. The molecule has 0 bridgehead atoms. The van der Waals surface area contributed by atoms with Gasteiger partial charge in [0.1, 0.15) is 12.4 Å². The van der Waals surface area contributed by atoms with Crippen LogP contribution in [0, 0.1) is 14.1 Å². The second kappa shape index (κ2) is 11.3. The fraction of sp³-hybridized carbons (Fsp3) is 0.231. The fourth-order valence-electron chi connectivity index (χ4n) is 3.78. The third-order valence-corrected chi connectivity index (χ3v) is 7.07. The minimum atomic E-state index is -0.221. The van der Waals surface area contributed by atoms with E-state index in [4.69, 9.17) is 4.74 Å². The van der Waals surface area contributed by atoms with Gasteiger partial charge in [0.25, 0.3) is 5.91 Å². The summed E-state index contributed by atoms with van der Waals surface area (Å²) in [6, 6.07) is 20.0. The van der Waals surface area contributed by atoms with Gasteiger partial charge in [-0.2, -0.15) is 5.10 Å². The van der Waals surface area contributed by atoms with Crippen LogP contribution in [0.4, 0.5) is 5.69 Å². The van der Waals surface area contributed by atoms with Crippen LogP contribution in [0.25, 0.3) is 0 Å². The molecular weight excluding hydrogens is 640 g/mol. The molecule has 0 aromatic heterocycles. The first-order chi connectivity index (χ1) is 16.0. The normalized spacial score (nSPS) is 13.5. The summed E-state index contributed by atoms with van der Waals surface area (Å²) in [5, 5.41) is 4.15. The van der Waals surface area contributed by atoms with Crippen LogP contribution in [0.3, 0.4) is 0 Å². The van der Waals surface area contributed by atoms with E-state index in [1.807, 2.05) is 42.5 Å². The Morgan fingerprint density at radius 1 is 1.06 bits per heavy atom. The standard InChI is InChI=1S/C26H25I2N3O2/c1-18-5-4-6-19(13-18)17-33-25-23(27)14-20(15-24(25)28)16-29-30-26(32)21-7-9-22(10-8-21)31-11-2-3-12-31/h4-10,13-16H,2-3,11-12,17H2,1H3,(H,30,32)/b29-16-.